The van der Waals surface area contributed by atoms with Crippen LogP contribution >= 0.6 is 11.6 Å². The van der Waals surface area contributed by atoms with E-state index < -0.39 is 0 Å². The molecule has 1 heterocycles. The van der Waals surface area contributed by atoms with Crippen LogP contribution in [0.25, 0.3) is 16.7 Å². The number of rotatable bonds is 3. The Labute approximate surface area is 115 Å². The number of hydrogen-bond acceptors (Lipinski definition) is 3. The minimum atomic E-state index is 0.101. The Morgan fingerprint density at radius 3 is 2.68 bits per heavy atom. The molecule has 3 rings (SSSR count). The van der Waals surface area contributed by atoms with Crippen LogP contribution in [-0.4, -0.2) is 26.7 Å². The molecule has 0 aliphatic rings. The Bertz CT molecular complexity index is 724. The summed E-state index contributed by atoms with van der Waals surface area (Å²) < 4.78 is 0. The van der Waals surface area contributed by atoms with E-state index in [2.05, 4.69) is 10.2 Å². The van der Waals surface area contributed by atoms with Crippen molar-refractivity contribution in [2.24, 2.45) is 0 Å². The third-order valence-electron chi connectivity index (χ3n) is 2.93. The zero-order chi connectivity index (χ0) is 13.2. The van der Waals surface area contributed by atoms with Crippen molar-refractivity contribution < 1.29 is 5.11 Å². The lowest BCUT2D eigenvalue weighted by Crippen LogP contribution is -2.04. The molecule has 0 amide bonds. The molecule has 19 heavy (non-hydrogen) atoms. The summed E-state index contributed by atoms with van der Waals surface area (Å²) >= 11 is 5.94. The van der Waals surface area contributed by atoms with Crippen molar-refractivity contribution in [3.63, 3.8) is 0 Å². The van der Waals surface area contributed by atoms with E-state index in [4.69, 9.17) is 16.7 Å². The minimum Gasteiger partial charge on any atom is -0.396 e. The summed E-state index contributed by atoms with van der Waals surface area (Å²) in [6, 6.07) is 13.2. The molecule has 0 saturated carbocycles. The molecule has 5 heteroatoms. The molecule has 0 saturated heterocycles. The molecule has 0 aliphatic carbocycles. The maximum Gasteiger partial charge on any atom is 0.115 e. The van der Waals surface area contributed by atoms with Gasteiger partial charge >= 0.3 is 0 Å². The second-order valence-corrected chi connectivity index (χ2v) is 4.66. The largest absolute Gasteiger partial charge is 0.396 e. The van der Waals surface area contributed by atoms with Gasteiger partial charge in [0.2, 0.25) is 0 Å². The lowest BCUT2D eigenvalue weighted by molar-refractivity contribution is 0.299. The van der Waals surface area contributed by atoms with Crippen molar-refractivity contribution in [3.05, 3.63) is 53.1 Å². The van der Waals surface area contributed by atoms with Crippen LogP contribution in [0, 0.1) is 0 Å². The first-order valence-electron chi connectivity index (χ1n) is 5.99. The van der Waals surface area contributed by atoms with Crippen LogP contribution in [0.2, 0.25) is 5.02 Å². The molecule has 96 valence electrons. The maximum atomic E-state index is 9.10. The molecule has 1 aromatic heterocycles. The predicted octanol–water partition coefficient (Wildman–Crippen LogP) is 2.61. The Balaban J connectivity index is 2.13. The van der Waals surface area contributed by atoms with Gasteiger partial charge < -0.3 is 5.11 Å². The summed E-state index contributed by atoms with van der Waals surface area (Å²) in [5, 5.41) is 18.6. The summed E-state index contributed by atoms with van der Waals surface area (Å²) in [7, 11) is 0. The first-order valence-corrected chi connectivity index (χ1v) is 6.37. The Hall–Kier alpha value is -1.91. The number of benzene rings is 2. The fraction of sp³-hybridized carbons (Fsp3) is 0.143. The van der Waals surface area contributed by atoms with Crippen molar-refractivity contribution >= 4 is 22.6 Å². The normalized spacial score (nSPS) is 11.1. The molecule has 3 aromatic rings. The lowest BCUT2D eigenvalue weighted by atomic mass is 10.1. The van der Waals surface area contributed by atoms with Gasteiger partial charge in [-0.1, -0.05) is 29.8 Å². The number of aromatic nitrogens is 3. The summed E-state index contributed by atoms with van der Waals surface area (Å²) in [6.07, 6.45) is 0.578. The molecule has 0 unspecified atom stereocenters. The molecule has 0 bridgehead atoms. The van der Waals surface area contributed by atoms with Crippen molar-refractivity contribution in [1.82, 2.24) is 15.0 Å². The monoisotopic (exact) mass is 273 g/mol. The van der Waals surface area contributed by atoms with Crippen molar-refractivity contribution in [2.45, 2.75) is 6.42 Å². The maximum absolute atomic E-state index is 9.10. The number of nitrogens with zero attached hydrogens (tertiary/aromatic N) is 3. The van der Waals surface area contributed by atoms with Crippen LogP contribution in [0.3, 0.4) is 0 Å². The second-order valence-electron chi connectivity index (χ2n) is 4.22. The van der Waals surface area contributed by atoms with Gasteiger partial charge in [0.25, 0.3) is 0 Å². The Morgan fingerprint density at radius 2 is 1.84 bits per heavy atom. The first kappa shape index (κ1) is 12.1. The van der Waals surface area contributed by atoms with Crippen molar-refractivity contribution in [2.75, 3.05) is 6.61 Å². The van der Waals surface area contributed by atoms with E-state index in [9.17, 15) is 0 Å². The number of fused-ring (bicyclic) bond motifs is 1. The average Bonchev–Trinajstić information content (AvgIpc) is 2.82. The predicted molar refractivity (Wildman–Crippen MR) is 74.7 cm³/mol. The minimum absolute atomic E-state index is 0.101. The molecule has 0 radical (unpaired) electrons. The third kappa shape index (κ3) is 2.32. The van der Waals surface area contributed by atoms with Crippen LogP contribution in [0.1, 0.15) is 5.56 Å². The second kappa shape index (κ2) is 4.99. The smallest absolute Gasteiger partial charge is 0.115 e. The van der Waals surface area contributed by atoms with Crippen LogP contribution in [-0.2, 0) is 6.42 Å². The van der Waals surface area contributed by atoms with Crippen LogP contribution in [0.5, 0.6) is 0 Å². The fourth-order valence-electron chi connectivity index (χ4n) is 2.03. The highest BCUT2D eigenvalue weighted by molar-refractivity contribution is 6.31. The van der Waals surface area contributed by atoms with Crippen LogP contribution < -0.4 is 0 Å². The highest BCUT2D eigenvalue weighted by Gasteiger charge is 2.08. The van der Waals surface area contributed by atoms with Crippen LogP contribution in [0.15, 0.2) is 42.5 Å². The number of para-hydroxylation sites is 1. The van der Waals surface area contributed by atoms with E-state index in [1.165, 1.54) is 0 Å². The summed E-state index contributed by atoms with van der Waals surface area (Å²) in [6.45, 7) is 0.101. The van der Waals surface area contributed by atoms with Gasteiger partial charge in [0.1, 0.15) is 11.0 Å². The van der Waals surface area contributed by atoms with Gasteiger partial charge in [-0.2, -0.15) is 4.80 Å². The highest BCUT2D eigenvalue weighted by Crippen LogP contribution is 2.19. The van der Waals surface area contributed by atoms with E-state index in [0.717, 1.165) is 22.3 Å². The number of hydrogen-bond donors (Lipinski definition) is 1. The van der Waals surface area contributed by atoms with E-state index >= 15 is 0 Å². The van der Waals surface area contributed by atoms with Gasteiger partial charge in [-0.05, 0) is 36.2 Å². The SMILES string of the molecule is OCCc1ccccc1-n1nc2ccc(Cl)cc2n1. The molecule has 0 spiro atoms. The first-order chi connectivity index (χ1) is 9.28. The topological polar surface area (TPSA) is 50.9 Å². The number of aliphatic hydroxyl groups excluding tert-OH is 1. The highest BCUT2D eigenvalue weighted by atomic mass is 35.5. The summed E-state index contributed by atoms with van der Waals surface area (Å²) in [4.78, 5) is 1.59. The van der Waals surface area contributed by atoms with Crippen molar-refractivity contribution in [1.29, 1.82) is 0 Å². The Kier molecular flexibility index (Phi) is 3.19. The number of aliphatic hydroxyl groups is 1. The van der Waals surface area contributed by atoms with E-state index in [1.54, 1.807) is 16.9 Å². The van der Waals surface area contributed by atoms with Gasteiger partial charge in [0.15, 0.2) is 0 Å². The standard InChI is InChI=1S/C14H12ClN3O/c15-11-5-6-12-13(9-11)17-18(16-12)14-4-2-1-3-10(14)7-8-19/h1-6,9,19H,7-8H2. The molecular weight excluding hydrogens is 262 g/mol. The molecule has 0 fully saturated rings. The quantitative estimate of drug-likeness (QED) is 0.798. The zero-order valence-corrected chi connectivity index (χ0v) is 10.9. The Morgan fingerprint density at radius 1 is 1.05 bits per heavy atom. The van der Waals surface area contributed by atoms with Gasteiger partial charge in [-0.3, -0.25) is 0 Å². The molecule has 2 aromatic carbocycles. The lowest BCUT2D eigenvalue weighted by Gasteiger charge is -2.06. The molecule has 4 nitrogen and oxygen atoms in total. The summed E-state index contributed by atoms with van der Waals surface area (Å²) in [5.41, 5.74) is 3.44. The van der Waals surface area contributed by atoms with Crippen molar-refractivity contribution in [3.8, 4) is 5.69 Å². The zero-order valence-electron chi connectivity index (χ0n) is 10.1. The molecule has 0 atom stereocenters. The van der Waals surface area contributed by atoms with Gasteiger partial charge in [-0.15, -0.1) is 10.2 Å². The van der Waals surface area contributed by atoms with Gasteiger partial charge in [-0.25, -0.2) is 0 Å². The summed E-state index contributed by atoms with van der Waals surface area (Å²) in [5.74, 6) is 0. The third-order valence-corrected chi connectivity index (χ3v) is 3.17. The molecule has 0 aliphatic heterocycles. The van der Waals surface area contributed by atoms with Gasteiger partial charge in [0, 0.05) is 11.6 Å². The molecular formula is C14H12ClN3O. The van der Waals surface area contributed by atoms with Gasteiger partial charge in [0.05, 0.1) is 5.69 Å². The fourth-order valence-corrected chi connectivity index (χ4v) is 2.20. The molecule has 1 N–H and O–H groups in total. The van der Waals surface area contributed by atoms with E-state index in [1.807, 2.05) is 30.3 Å². The van der Waals surface area contributed by atoms with Crippen LogP contribution in [0.4, 0.5) is 0 Å². The van der Waals surface area contributed by atoms with E-state index in [0.29, 0.717) is 11.4 Å². The average molecular weight is 274 g/mol. The van der Waals surface area contributed by atoms with E-state index in [-0.39, 0.29) is 6.61 Å². The number of halogens is 1.